The first-order valence-corrected chi connectivity index (χ1v) is 8.13. The third-order valence-corrected chi connectivity index (χ3v) is 4.94. The first-order valence-electron chi connectivity index (χ1n) is 6.44. The van der Waals surface area contributed by atoms with E-state index in [1.54, 1.807) is 28.7 Å². The number of carbonyl (C=O) groups is 1. The second-order valence-corrected chi connectivity index (χ2v) is 6.81. The van der Waals surface area contributed by atoms with Gasteiger partial charge in [-0.1, -0.05) is 6.07 Å². The maximum Gasteiger partial charge on any atom is 0.272 e. The third kappa shape index (κ3) is 3.03. The first-order chi connectivity index (χ1) is 10.1. The van der Waals surface area contributed by atoms with Crippen LogP contribution in [0.3, 0.4) is 0 Å². The minimum atomic E-state index is -0.176. The van der Waals surface area contributed by atoms with Crippen molar-refractivity contribution in [1.82, 2.24) is 20.5 Å². The zero-order valence-electron chi connectivity index (χ0n) is 11.6. The van der Waals surface area contributed by atoms with Gasteiger partial charge < -0.3 is 5.32 Å². The van der Waals surface area contributed by atoms with Gasteiger partial charge in [0.05, 0.1) is 27.8 Å². The van der Waals surface area contributed by atoms with E-state index in [9.17, 15) is 4.79 Å². The molecule has 0 aliphatic carbocycles. The van der Waals surface area contributed by atoms with Crippen molar-refractivity contribution in [3.63, 3.8) is 0 Å². The van der Waals surface area contributed by atoms with Crippen LogP contribution in [0, 0.1) is 13.8 Å². The summed E-state index contributed by atoms with van der Waals surface area (Å²) in [6.45, 7) is 4.44. The Balaban J connectivity index is 1.72. The van der Waals surface area contributed by atoms with E-state index in [2.05, 4.69) is 20.5 Å². The van der Waals surface area contributed by atoms with Crippen molar-refractivity contribution in [1.29, 1.82) is 0 Å². The predicted molar refractivity (Wildman–Crippen MR) is 84.7 cm³/mol. The summed E-state index contributed by atoms with van der Waals surface area (Å²) in [5.74, 6) is -0.176. The van der Waals surface area contributed by atoms with Crippen LogP contribution in [0.2, 0.25) is 0 Å². The summed E-state index contributed by atoms with van der Waals surface area (Å²) in [5, 5.41) is 12.9. The molecule has 0 atom stereocenters. The Morgan fingerprint density at radius 3 is 2.95 bits per heavy atom. The fraction of sp³-hybridized carbons (Fsp3) is 0.214. The van der Waals surface area contributed by atoms with Crippen LogP contribution in [0.4, 0.5) is 0 Å². The van der Waals surface area contributed by atoms with Crippen molar-refractivity contribution in [2.24, 2.45) is 0 Å². The van der Waals surface area contributed by atoms with Crippen LogP contribution in [0.5, 0.6) is 0 Å². The van der Waals surface area contributed by atoms with E-state index in [0.29, 0.717) is 12.2 Å². The number of aromatic nitrogens is 3. The van der Waals surface area contributed by atoms with Crippen LogP contribution in [-0.2, 0) is 6.54 Å². The zero-order chi connectivity index (χ0) is 14.8. The minimum absolute atomic E-state index is 0.176. The number of nitrogens with one attached hydrogen (secondary N) is 2. The Labute approximate surface area is 130 Å². The molecule has 0 radical (unpaired) electrons. The highest BCUT2D eigenvalue weighted by Gasteiger charge is 2.14. The molecule has 3 heterocycles. The molecule has 0 bridgehead atoms. The number of carbonyl (C=O) groups excluding carboxylic acids is 1. The van der Waals surface area contributed by atoms with E-state index in [1.807, 2.05) is 31.4 Å². The number of hydrogen-bond acceptors (Lipinski definition) is 5. The van der Waals surface area contributed by atoms with Gasteiger partial charge in [-0.25, -0.2) is 4.98 Å². The molecule has 3 aromatic heterocycles. The van der Waals surface area contributed by atoms with Crippen molar-refractivity contribution in [2.45, 2.75) is 20.4 Å². The average Bonchev–Trinajstić information content (AvgIpc) is 3.16. The molecule has 3 rings (SSSR count). The van der Waals surface area contributed by atoms with Gasteiger partial charge in [0.25, 0.3) is 5.91 Å². The lowest BCUT2D eigenvalue weighted by Crippen LogP contribution is -2.22. The molecule has 5 nitrogen and oxygen atoms in total. The molecular weight excluding hydrogens is 304 g/mol. The molecule has 0 aliphatic rings. The molecule has 0 saturated heterocycles. The zero-order valence-corrected chi connectivity index (χ0v) is 13.3. The van der Waals surface area contributed by atoms with Gasteiger partial charge in [-0.3, -0.25) is 9.89 Å². The number of H-pyrrole nitrogens is 1. The Bertz CT molecular complexity index is 758. The monoisotopic (exact) mass is 318 g/mol. The maximum atomic E-state index is 12.1. The lowest BCUT2D eigenvalue weighted by atomic mass is 10.2. The lowest BCUT2D eigenvalue weighted by Gasteiger charge is -1.99. The van der Waals surface area contributed by atoms with Gasteiger partial charge >= 0.3 is 0 Å². The molecule has 1 amide bonds. The number of amides is 1. The maximum absolute atomic E-state index is 12.1. The number of thiazole rings is 1. The third-order valence-electron chi connectivity index (χ3n) is 2.96. The minimum Gasteiger partial charge on any atom is -0.346 e. The summed E-state index contributed by atoms with van der Waals surface area (Å²) in [4.78, 5) is 18.6. The van der Waals surface area contributed by atoms with Crippen molar-refractivity contribution in [2.75, 3.05) is 0 Å². The fourth-order valence-corrected chi connectivity index (χ4v) is 3.54. The normalized spacial score (nSPS) is 10.8. The average molecular weight is 318 g/mol. The Morgan fingerprint density at radius 1 is 1.43 bits per heavy atom. The number of rotatable bonds is 4. The number of aryl methyl sites for hydroxylation is 2. The van der Waals surface area contributed by atoms with Crippen molar-refractivity contribution in [3.8, 4) is 10.6 Å². The molecule has 108 valence electrons. The second-order valence-electron chi connectivity index (χ2n) is 4.58. The molecule has 21 heavy (non-hydrogen) atoms. The molecule has 0 fully saturated rings. The lowest BCUT2D eigenvalue weighted by molar-refractivity contribution is 0.0946. The fourth-order valence-electron chi connectivity index (χ4n) is 2.01. The van der Waals surface area contributed by atoms with Crippen molar-refractivity contribution in [3.05, 3.63) is 44.9 Å². The Morgan fingerprint density at radius 2 is 2.29 bits per heavy atom. The molecule has 2 N–H and O–H groups in total. The molecule has 0 aliphatic heterocycles. The highest BCUT2D eigenvalue weighted by atomic mass is 32.1. The van der Waals surface area contributed by atoms with Gasteiger partial charge in [0.2, 0.25) is 0 Å². The van der Waals surface area contributed by atoms with Crippen LogP contribution in [-0.4, -0.2) is 21.1 Å². The van der Waals surface area contributed by atoms with Crippen LogP contribution in [0.25, 0.3) is 10.6 Å². The van der Waals surface area contributed by atoms with Crippen molar-refractivity contribution >= 4 is 28.6 Å². The van der Waals surface area contributed by atoms with Gasteiger partial charge in [0.15, 0.2) is 5.69 Å². The summed E-state index contributed by atoms with van der Waals surface area (Å²) in [6, 6.07) is 5.72. The number of thiophene rings is 1. The molecule has 0 unspecified atom stereocenters. The summed E-state index contributed by atoms with van der Waals surface area (Å²) >= 11 is 3.21. The Hall–Kier alpha value is -1.99. The Kier molecular flexibility index (Phi) is 3.85. The molecule has 3 aromatic rings. The molecule has 0 saturated carbocycles. The number of aromatic amines is 1. The van der Waals surface area contributed by atoms with E-state index in [1.165, 1.54) is 0 Å². The van der Waals surface area contributed by atoms with E-state index >= 15 is 0 Å². The summed E-state index contributed by atoms with van der Waals surface area (Å²) in [5.41, 5.74) is 2.18. The van der Waals surface area contributed by atoms with Crippen LogP contribution in [0.15, 0.2) is 23.6 Å². The number of hydrogen-bond donors (Lipinski definition) is 2. The predicted octanol–water partition coefficient (Wildman–Crippen LogP) is 3.14. The van der Waals surface area contributed by atoms with Gasteiger partial charge in [-0.15, -0.1) is 22.7 Å². The van der Waals surface area contributed by atoms with E-state index in [0.717, 1.165) is 26.1 Å². The highest BCUT2D eigenvalue weighted by Crippen LogP contribution is 2.28. The van der Waals surface area contributed by atoms with E-state index in [4.69, 9.17) is 0 Å². The standard InChI is InChI=1S/C14H14N4OS2/c1-8-13(21-9(2)16-8)11-6-12(18-17-11)14(19)15-7-10-4-3-5-20-10/h3-6H,7H2,1-2H3,(H,15,19)(H,17,18). The van der Waals surface area contributed by atoms with Crippen LogP contribution < -0.4 is 5.32 Å². The topological polar surface area (TPSA) is 70.7 Å². The molecule has 7 heteroatoms. The quantitative estimate of drug-likeness (QED) is 0.776. The highest BCUT2D eigenvalue weighted by molar-refractivity contribution is 7.15. The van der Waals surface area contributed by atoms with Gasteiger partial charge in [0, 0.05) is 4.88 Å². The van der Waals surface area contributed by atoms with Gasteiger partial charge in [-0.2, -0.15) is 5.10 Å². The second kappa shape index (κ2) is 5.79. The van der Waals surface area contributed by atoms with Gasteiger partial charge in [0.1, 0.15) is 0 Å². The SMILES string of the molecule is Cc1nc(C)c(-c2cc(C(=O)NCc3cccs3)n[nH]2)s1. The first kappa shape index (κ1) is 14.0. The van der Waals surface area contributed by atoms with Crippen molar-refractivity contribution < 1.29 is 4.79 Å². The largest absolute Gasteiger partial charge is 0.346 e. The number of nitrogens with zero attached hydrogens (tertiary/aromatic N) is 2. The van der Waals surface area contributed by atoms with Crippen LogP contribution in [0.1, 0.15) is 26.1 Å². The molecular formula is C14H14N4OS2. The molecule has 0 spiro atoms. The van der Waals surface area contributed by atoms with E-state index in [-0.39, 0.29) is 5.91 Å². The summed E-state index contributed by atoms with van der Waals surface area (Å²) < 4.78 is 0. The smallest absolute Gasteiger partial charge is 0.272 e. The summed E-state index contributed by atoms with van der Waals surface area (Å²) in [7, 11) is 0. The summed E-state index contributed by atoms with van der Waals surface area (Å²) in [6.07, 6.45) is 0. The van der Waals surface area contributed by atoms with E-state index < -0.39 is 0 Å². The van der Waals surface area contributed by atoms with Crippen LogP contribution >= 0.6 is 22.7 Å². The molecule has 0 aromatic carbocycles. The van der Waals surface area contributed by atoms with Gasteiger partial charge in [-0.05, 0) is 31.4 Å².